The summed E-state index contributed by atoms with van der Waals surface area (Å²) in [6, 6.07) is 17.5. The summed E-state index contributed by atoms with van der Waals surface area (Å²) < 4.78 is 10.7. The zero-order valence-corrected chi connectivity index (χ0v) is 13.3. The van der Waals surface area contributed by atoms with Crippen molar-refractivity contribution in [3.63, 3.8) is 0 Å². The number of hydrogen-bond donors (Lipinski definition) is 0. The first-order valence-electron chi connectivity index (χ1n) is 7.63. The largest absolute Gasteiger partial charge is 0.453 e. The number of esters is 1. The van der Waals surface area contributed by atoms with Crippen molar-refractivity contribution in [1.29, 1.82) is 0 Å². The molecule has 0 aliphatic carbocycles. The van der Waals surface area contributed by atoms with Gasteiger partial charge in [-0.1, -0.05) is 54.6 Å². The number of oxazole rings is 1. The predicted octanol–water partition coefficient (Wildman–Crippen LogP) is 4.41. The molecule has 0 amide bonds. The first-order chi connectivity index (χ1) is 11.7. The van der Waals surface area contributed by atoms with Gasteiger partial charge in [-0.15, -0.1) is 0 Å². The van der Waals surface area contributed by atoms with Crippen LogP contribution < -0.4 is 0 Å². The highest BCUT2D eigenvalue weighted by Gasteiger charge is 2.07. The summed E-state index contributed by atoms with van der Waals surface area (Å²) in [7, 11) is 0. The Hall–Kier alpha value is -3.14. The van der Waals surface area contributed by atoms with Crippen LogP contribution >= 0.6 is 0 Å². The summed E-state index contributed by atoms with van der Waals surface area (Å²) in [5.41, 5.74) is 3.01. The molecular formula is C20H17NO3. The third kappa shape index (κ3) is 3.98. The molecule has 4 heteroatoms. The van der Waals surface area contributed by atoms with Gasteiger partial charge in [-0.3, -0.25) is 0 Å². The number of carbonyl (C=O) groups is 1. The highest BCUT2D eigenvalue weighted by Crippen LogP contribution is 2.20. The molecule has 0 radical (unpaired) electrons. The number of rotatable bonds is 5. The van der Waals surface area contributed by atoms with Crippen LogP contribution in [0.25, 0.3) is 17.4 Å². The smallest absolute Gasteiger partial charge is 0.331 e. The summed E-state index contributed by atoms with van der Waals surface area (Å²) in [6.07, 6.45) is 4.77. The van der Waals surface area contributed by atoms with Crippen molar-refractivity contribution in [2.75, 3.05) is 0 Å². The van der Waals surface area contributed by atoms with Crippen LogP contribution in [0.2, 0.25) is 0 Å². The van der Waals surface area contributed by atoms with E-state index in [0.717, 1.165) is 16.7 Å². The van der Waals surface area contributed by atoms with Crippen LogP contribution in [0.1, 0.15) is 17.0 Å². The van der Waals surface area contributed by atoms with Crippen molar-refractivity contribution < 1.29 is 13.9 Å². The van der Waals surface area contributed by atoms with Crippen LogP contribution in [0, 0.1) is 6.92 Å². The lowest BCUT2D eigenvalue weighted by Gasteiger charge is -2.00. The van der Waals surface area contributed by atoms with Crippen molar-refractivity contribution in [3.8, 4) is 11.3 Å². The maximum Gasteiger partial charge on any atom is 0.331 e. The Morgan fingerprint density at radius 1 is 1.12 bits per heavy atom. The fraction of sp³-hybridized carbons (Fsp3) is 0.100. The van der Waals surface area contributed by atoms with E-state index in [1.165, 1.54) is 6.08 Å². The van der Waals surface area contributed by atoms with Crippen LogP contribution in [-0.2, 0) is 16.1 Å². The highest BCUT2D eigenvalue weighted by molar-refractivity contribution is 5.87. The van der Waals surface area contributed by atoms with E-state index >= 15 is 0 Å². The van der Waals surface area contributed by atoms with E-state index < -0.39 is 5.97 Å². The Morgan fingerprint density at radius 3 is 2.67 bits per heavy atom. The van der Waals surface area contributed by atoms with Crippen LogP contribution in [0.15, 0.2) is 71.3 Å². The number of ether oxygens (including phenoxy) is 1. The molecule has 4 nitrogen and oxygen atoms in total. The zero-order valence-electron chi connectivity index (χ0n) is 13.3. The fourth-order valence-corrected chi connectivity index (χ4v) is 2.23. The van der Waals surface area contributed by atoms with E-state index in [1.54, 1.807) is 12.3 Å². The van der Waals surface area contributed by atoms with Crippen molar-refractivity contribution in [2.45, 2.75) is 13.5 Å². The van der Waals surface area contributed by atoms with Gasteiger partial charge in [-0.25, -0.2) is 9.78 Å². The van der Waals surface area contributed by atoms with Crippen LogP contribution in [0.4, 0.5) is 0 Å². The van der Waals surface area contributed by atoms with Gasteiger partial charge < -0.3 is 9.15 Å². The number of nitrogens with zero attached hydrogens (tertiary/aromatic N) is 1. The molecule has 1 heterocycles. The summed E-state index contributed by atoms with van der Waals surface area (Å²) in [6.45, 7) is 1.99. The van der Waals surface area contributed by atoms with Crippen molar-refractivity contribution in [2.24, 2.45) is 0 Å². The normalized spacial score (nSPS) is 10.9. The van der Waals surface area contributed by atoms with E-state index in [2.05, 4.69) is 4.98 Å². The molecule has 0 saturated carbocycles. The topological polar surface area (TPSA) is 52.3 Å². The third-order valence-corrected chi connectivity index (χ3v) is 3.54. The Morgan fingerprint density at radius 2 is 1.88 bits per heavy atom. The summed E-state index contributed by atoms with van der Waals surface area (Å²) in [4.78, 5) is 15.9. The Kier molecular flexibility index (Phi) is 4.87. The van der Waals surface area contributed by atoms with E-state index in [0.29, 0.717) is 11.7 Å². The van der Waals surface area contributed by atoms with Crippen molar-refractivity contribution in [1.82, 2.24) is 4.98 Å². The van der Waals surface area contributed by atoms with Gasteiger partial charge in [0.25, 0.3) is 0 Å². The summed E-state index contributed by atoms with van der Waals surface area (Å²) in [5, 5.41) is 0. The molecule has 0 aliphatic heterocycles. The molecule has 0 bridgehead atoms. The van der Waals surface area contributed by atoms with Gasteiger partial charge in [-0.2, -0.15) is 0 Å². The maximum atomic E-state index is 11.8. The second kappa shape index (κ2) is 7.42. The SMILES string of the molecule is Cc1ccccc1/C=C/C(=O)OCc1ncc(-c2ccccc2)o1. The van der Waals surface area contributed by atoms with E-state index in [1.807, 2.05) is 61.5 Å². The average molecular weight is 319 g/mol. The molecule has 0 atom stereocenters. The van der Waals surface area contributed by atoms with Gasteiger partial charge in [0, 0.05) is 11.6 Å². The third-order valence-electron chi connectivity index (χ3n) is 3.54. The lowest BCUT2D eigenvalue weighted by molar-refractivity contribution is -0.139. The van der Waals surface area contributed by atoms with Gasteiger partial charge in [0.1, 0.15) is 0 Å². The number of benzene rings is 2. The quantitative estimate of drug-likeness (QED) is 0.516. The molecule has 0 fully saturated rings. The molecule has 0 spiro atoms. The standard InChI is InChI=1S/C20H17NO3/c1-15-7-5-6-8-16(15)11-12-20(22)23-14-19-21-13-18(24-19)17-9-3-2-4-10-17/h2-13H,14H2,1H3/b12-11+. The van der Waals surface area contributed by atoms with E-state index in [-0.39, 0.29) is 6.61 Å². The average Bonchev–Trinajstić information content (AvgIpc) is 3.09. The summed E-state index contributed by atoms with van der Waals surface area (Å²) in [5.74, 6) is 0.585. The Bertz CT molecular complexity index is 850. The predicted molar refractivity (Wildman–Crippen MR) is 91.9 cm³/mol. The van der Waals surface area contributed by atoms with Crippen molar-refractivity contribution in [3.05, 3.63) is 83.9 Å². The van der Waals surface area contributed by atoms with E-state index in [4.69, 9.17) is 9.15 Å². The number of aromatic nitrogens is 1. The molecule has 0 aliphatic rings. The maximum absolute atomic E-state index is 11.8. The number of hydrogen-bond acceptors (Lipinski definition) is 4. The Labute approximate surface area is 140 Å². The minimum absolute atomic E-state index is 0.00375. The fourth-order valence-electron chi connectivity index (χ4n) is 2.23. The second-order valence-electron chi connectivity index (χ2n) is 5.28. The molecule has 3 rings (SSSR count). The van der Waals surface area contributed by atoms with Crippen LogP contribution in [-0.4, -0.2) is 11.0 Å². The molecule has 120 valence electrons. The molecule has 0 saturated heterocycles. The molecule has 1 aromatic heterocycles. The molecular weight excluding hydrogens is 302 g/mol. The number of carbonyl (C=O) groups excluding carboxylic acids is 1. The molecule has 3 aromatic rings. The molecule has 24 heavy (non-hydrogen) atoms. The van der Waals surface area contributed by atoms with Crippen molar-refractivity contribution >= 4 is 12.0 Å². The van der Waals surface area contributed by atoms with Gasteiger partial charge in [0.15, 0.2) is 12.4 Å². The highest BCUT2D eigenvalue weighted by atomic mass is 16.5. The van der Waals surface area contributed by atoms with Gasteiger partial charge >= 0.3 is 5.97 Å². The lowest BCUT2D eigenvalue weighted by atomic mass is 10.1. The second-order valence-corrected chi connectivity index (χ2v) is 5.28. The first kappa shape index (κ1) is 15.7. The Balaban J connectivity index is 1.57. The van der Waals surface area contributed by atoms with Gasteiger partial charge in [0.05, 0.1) is 6.20 Å². The monoisotopic (exact) mass is 319 g/mol. The molecule has 2 aromatic carbocycles. The minimum atomic E-state index is -0.433. The van der Waals surface area contributed by atoms with Crippen LogP contribution in [0.5, 0.6) is 0 Å². The number of aryl methyl sites for hydroxylation is 1. The molecule has 0 N–H and O–H groups in total. The minimum Gasteiger partial charge on any atom is -0.453 e. The van der Waals surface area contributed by atoms with Gasteiger partial charge in [-0.05, 0) is 24.1 Å². The summed E-state index contributed by atoms with van der Waals surface area (Å²) >= 11 is 0. The lowest BCUT2D eigenvalue weighted by Crippen LogP contribution is -2.00. The van der Waals surface area contributed by atoms with Crippen LogP contribution in [0.3, 0.4) is 0 Å². The first-order valence-corrected chi connectivity index (χ1v) is 7.63. The van der Waals surface area contributed by atoms with Gasteiger partial charge in [0.2, 0.25) is 5.89 Å². The van der Waals surface area contributed by atoms with E-state index in [9.17, 15) is 4.79 Å². The molecule has 0 unspecified atom stereocenters. The zero-order chi connectivity index (χ0) is 16.8.